The van der Waals surface area contributed by atoms with Crippen molar-refractivity contribution in [2.45, 2.75) is 52.2 Å². The number of hydrogen-bond donors (Lipinski definition) is 1. The Morgan fingerprint density at radius 3 is 2.78 bits per heavy atom. The fraction of sp³-hybridized carbons (Fsp3) is 0.846. The third-order valence-electron chi connectivity index (χ3n) is 3.73. The van der Waals surface area contributed by atoms with E-state index < -0.39 is 17.7 Å². The van der Waals surface area contributed by atoms with Gasteiger partial charge in [-0.05, 0) is 19.8 Å². The molecule has 1 N–H and O–H groups in total. The summed E-state index contributed by atoms with van der Waals surface area (Å²) in [6.07, 6.45) is 0.402. The molecule has 0 amide bonds. The summed E-state index contributed by atoms with van der Waals surface area (Å²) < 4.78 is 5.06. The van der Waals surface area contributed by atoms with E-state index in [1.807, 2.05) is 20.8 Å². The van der Waals surface area contributed by atoms with E-state index in [0.29, 0.717) is 12.8 Å². The van der Waals surface area contributed by atoms with Crippen LogP contribution in [-0.4, -0.2) is 35.1 Å². The number of hydrogen-bond acceptors (Lipinski definition) is 5. The number of carbonyl (C=O) groups is 1. The van der Waals surface area contributed by atoms with Crippen LogP contribution in [0.25, 0.3) is 0 Å². The van der Waals surface area contributed by atoms with Gasteiger partial charge in [-0.15, -0.1) is 0 Å². The SMILES string of the molecule is CCOC(=O)C12ON=C(C(C)(C)C)C1CCC2O. The summed E-state index contributed by atoms with van der Waals surface area (Å²) in [7, 11) is 0. The Bertz CT molecular complexity index is 385. The Morgan fingerprint density at radius 2 is 2.22 bits per heavy atom. The first-order chi connectivity index (χ1) is 8.34. The summed E-state index contributed by atoms with van der Waals surface area (Å²) in [6.45, 7) is 8.10. The molecule has 0 spiro atoms. The van der Waals surface area contributed by atoms with Gasteiger partial charge in [-0.3, -0.25) is 0 Å². The lowest BCUT2D eigenvalue weighted by molar-refractivity contribution is -0.183. The molecule has 0 aromatic rings. The van der Waals surface area contributed by atoms with E-state index in [1.54, 1.807) is 6.92 Å². The molecule has 1 aliphatic heterocycles. The molecule has 3 atom stereocenters. The molecule has 5 nitrogen and oxygen atoms in total. The number of esters is 1. The van der Waals surface area contributed by atoms with Crippen molar-refractivity contribution in [3.63, 3.8) is 0 Å². The van der Waals surface area contributed by atoms with Crippen LogP contribution in [-0.2, 0) is 14.4 Å². The van der Waals surface area contributed by atoms with E-state index in [-0.39, 0.29) is 17.9 Å². The van der Waals surface area contributed by atoms with E-state index in [1.165, 1.54) is 0 Å². The Balaban J connectivity index is 2.33. The summed E-state index contributed by atoms with van der Waals surface area (Å²) in [5.74, 6) is -0.672. The Hall–Kier alpha value is -1.10. The molecule has 1 saturated carbocycles. The maximum absolute atomic E-state index is 12.2. The molecule has 18 heavy (non-hydrogen) atoms. The minimum absolute atomic E-state index is 0.174. The monoisotopic (exact) mass is 255 g/mol. The lowest BCUT2D eigenvalue weighted by atomic mass is 9.76. The molecule has 1 aliphatic carbocycles. The molecule has 0 saturated heterocycles. The fourth-order valence-electron chi connectivity index (χ4n) is 2.86. The highest BCUT2D eigenvalue weighted by Crippen LogP contribution is 2.48. The lowest BCUT2D eigenvalue weighted by Gasteiger charge is -2.29. The van der Waals surface area contributed by atoms with Crippen LogP contribution >= 0.6 is 0 Å². The second kappa shape index (κ2) is 4.23. The van der Waals surface area contributed by atoms with Gasteiger partial charge < -0.3 is 14.7 Å². The number of fused-ring (bicyclic) bond motifs is 1. The molecule has 0 bridgehead atoms. The maximum atomic E-state index is 12.2. The van der Waals surface area contributed by atoms with Crippen LogP contribution in [0.2, 0.25) is 0 Å². The van der Waals surface area contributed by atoms with Crippen LogP contribution in [0.3, 0.4) is 0 Å². The molecular formula is C13H21NO4. The van der Waals surface area contributed by atoms with E-state index in [9.17, 15) is 9.90 Å². The lowest BCUT2D eigenvalue weighted by Crippen LogP contribution is -2.52. The molecule has 0 radical (unpaired) electrons. The minimum Gasteiger partial charge on any atom is -0.463 e. The first-order valence-corrected chi connectivity index (χ1v) is 6.46. The first-order valence-electron chi connectivity index (χ1n) is 6.46. The minimum atomic E-state index is -1.31. The van der Waals surface area contributed by atoms with Crippen molar-refractivity contribution in [2.24, 2.45) is 16.5 Å². The van der Waals surface area contributed by atoms with Crippen molar-refractivity contribution in [3.8, 4) is 0 Å². The summed E-state index contributed by atoms with van der Waals surface area (Å²) >= 11 is 0. The fourth-order valence-corrected chi connectivity index (χ4v) is 2.86. The summed E-state index contributed by atoms with van der Waals surface area (Å²) in [5.41, 5.74) is -0.645. The van der Waals surface area contributed by atoms with Gasteiger partial charge in [0.1, 0.15) is 6.10 Å². The molecule has 3 unspecified atom stereocenters. The molecule has 5 heteroatoms. The number of nitrogens with zero attached hydrogens (tertiary/aromatic N) is 1. The van der Waals surface area contributed by atoms with Crippen molar-refractivity contribution >= 4 is 11.7 Å². The molecule has 102 valence electrons. The van der Waals surface area contributed by atoms with E-state index in [4.69, 9.17) is 9.57 Å². The number of carbonyl (C=O) groups excluding carboxylic acids is 1. The van der Waals surface area contributed by atoms with E-state index in [0.717, 1.165) is 5.71 Å². The number of aliphatic hydroxyl groups is 1. The maximum Gasteiger partial charge on any atom is 0.356 e. The average Bonchev–Trinajstić information content (AvgIpc) is 2.77. The normalized spacial score (nSPS) is 34.8. The van der Waals surface area contributed by atoms with Gasteiger partial charge in [0, 0.05) is 5.41 Å². The smallest absolute Gasteiger partial charge is 0.356 e. The topological polar surface area (TPSA) is 68.1 Å². The number of rotatable bonds is 2. The molecule has 1 fully saturated rings. The van der Waals surface area contributed by atoms with Crippen molar-refractivity contribution < 1.29 is 19.5 Å². The van der Waals surface area contributed by atoms with Gasteiger partial charge in [0.05, 0.1) is 18.2 Å². The highest BCUT2D eigenvalue weighted by molar-refractivity contribution is 5.99. The number of aliphatic hydroxyl groups excluding tert-OH is 1. The molecule has 0 aromatic carbocycles. The first kappa shape index (κ1) is 13.3. The highest BCUT2D eigenvalue weighted by Gasteiger charge is 2.65. The van der Waals surface area contributed by atoms with Crippen molar-refractivity contribution in [2.75, 3.05) is 6.61 Å². The third-order valence-corrected chi connectivity index (χ3v) is 3.73. The molecular weight excluding hydrogens is 234 g/mol. The van der Waals surface area contributed by atoms with Gasteiger partial charge in [-0.2, -0.15) is 0 Å². The van der Waals surface area contributed by atoms with Gasteiger partial charge in [-0.25, -0.2) is 4.79 Å². The zero-order chi connectivity index (χ0) is 13.6. The summed E-state index contributed by atoms with van der Waals surface area (Å²) in [4.78, 5) is 17.5. The number of oxime groups is 1. The van der Waals surface area contributed by atoms with Gasteiger partial charge in [0.25, 0.3) is 5.60 Å². The predicted molar refractivity (Wildman–Crippen MR) is 66.1 cm³/mol. The van der Waals surface area contributed by atoms with Gasteiger partial charge >= 0.3 is 5.97 Å². The van der Waals surface area contributed by atoms with Crippen molar-refractivity contribution in [1.82, 2.24) is 0 Å². The zero-order valence-electron chi connectivity index (χ0n) is 11.4. The quantitative estimate of drug-likeness (QED) is 0.759. The Morgan fingerprint density at radius 1 is 1.56 bits per heavy atom. The Kier molecular flexibility index (Phi) is 3.13. The average molecular weight is 255 g/mol. The molecule has 0 aromatic heterocycles. The zero-order valence-corrected chi connectivity index (χ0v) is 11.4. The van der Waals surface area contributed by atoms with Crippen LogP contribution in [0.1, 0.15) is 40.5 Å². The van der Waals surface area contributed by atoms with Gasteiger partial charge in [0.15, 0.2) is 0 Å². The second-order valence-electron chi connectivity index (χ2n) is 5.98. The third kappa shape index (κ3) is 1.72. The second-order valence-corrected chi connectivity index (χ2v) is 5.98. The number of ether oxygens (including phenoxy) is 1. The van der Waals surface area contributed by atoms with Gasteiger partial charge in [-0.1, -0.05) is 25.9 Å². The molecule has 2 aliphatic rings. The largest absolute Gasteiger partial charge is 0.463 e. The van der Waals surface area contributed by atoms with E-state index in [2.05, 4.69) is 5.16 Å². The van der Waals surface area contributed by atoms with Crippen LogP contribution in [0.15, 0.2) is 5.16 Å². The van der Waals surface area contributed by atoms with Crippen molar-refractivity contribution in [1.29, 1.82) is 0 Å². The Labute approximate surface area is 107 Å². The van der Waals surface area contributed by atoms with Crippen LogP contribution in [0.5, 0.6) is 0 Å². The van der Waals surface area contributed by atoms with Crippen LogP contribution < -0.4 is 0 Å². The highest BCUT2D eigenvalue weighted by atomic mass is 16.7. The summed E-state index contributed by atoms with van der Waals surface area (Å²) in [6, 6.07) is 0. The van der Waals surface area contributed by atoms with Crippen LogP contribution in [0, 0.1) is 11.3 Å². The standard InChI is InChI=1S/C13H21NO4/c1-5-17-11(16)13-8(6-7-9(13)15)10(14-18-13)12(2,3)4/h8-9,15H,5-7H2,1-4H3. The van der Waals surface area contributed by atoms with Crippen molar-refractivity contribution in [3.05, 3.63) is 0 Å². The molecule has 2 rings (SSSR count). The van der Waals surface area contributed by atoms with Crippen LogP contribution in [0.4, 0.5) is 0 Å². The van der Waals surface area contributed by atoms with E-state index >= 15 is 0 Å². The summed E-state index contributed by atoms with van der Waals surface area (Å²) in [5, 5.41) is 14.2. The molecule has 1 heterocycles. The van der Waals surface area contributed by atoms with Gasteiger partial charge in [0.2, 0.25) is 0 Å². The predicted octanol–water partition coefficient (Wildman–Crippen LogP) is 1.49.